The van der Waals surface area contributed by atoms with Crippen LogP contribution in [0.4, 0.5) is 0 Å². The van der Waals surface area contributed by atoms with E-state index in [1.54, 1.807) is 10.9 Å². The van der Waals surface area contributed by atoms with Crippen LogP contribution in [0.15, 0.2) is 12.4 Å². The van der Waals surface area contributed by atoms with E-state index in [9.17, 15) is 4.79 Å². The summed E-state index contributed by atoms with van der Waals surface area (Å²) in [5.41, 5.74) is 0.989. The SMILES string of the molecule is Cn1cc(CC(=O)CC2CCCCO2)cn1. The lowest BCUT2D eigenvalue weighted by Gasteiger charge is -2.21. The second-order valence-electron chi connectivity index (χ2n) is 4.43. The molecule has 0 amide bonds. The van der Waals surface area contributed by atoms with Crippen molar-refractivity contribution in [2.24, 2.45) is 7.05 Å². The standard InChI is InChI=1S/C12H18N2O2/c1-14-9-10(8-13-14)6-11(15)7-12-4-2-3-5-16-12/h8-9,12H,2-7H2,1H3. The Morgan fingerprint density at radius 1 is 1.62 bits per heavy atom. The monoisotopic (exact) mass is 222 g/mol. The molecule has 4 nitrogen and oxygen atoms in total. The lowest BCUT2D eigenvalue weighted by atomic mass is 10.0. The van der Waals surface area contributed by atoms with E-state index in [0.717, 1.165) is 25.0 Å². The van der Waals surface area contributed by atoms with Crippen molar-refractivity contribution >= 4 is 5.78 Å². The first-order chi connectivity index (χ1) is 7.74. The summed E-state index contributed by atoms with van der Waals surface area (Å²) in [6.45, 7) is 0.810. The van der Waals surface area contributed by atoms with Gasteiger partial charge in [-0.3, -0.25) is 9.48 Å². The van der Waals surface area contributed by atoms with Crippen molar-refractivity contribution < 1.29 is 9.53 Å². The minimum atomic E-state index is 0.151. The summed E-state index contributed by atoms with van der Waals surface area (Å²) in [5.74, 6) is 0.250. The Labute approximate surface area is 95.6 Å². The van der Waals surface area contributed by atoms with E-state index in [0.29, 0.717) is 12.8 Å². The highest BCUT2D eigenvalue weighted by Crippen LogP contribution is 2.16. The summed E-state index contributed by atoms with van der Waals surface area (Å²) >= 11 is 0. The number of ketones is 1. The number of rotatable bonds is 4. The number of Topliss-reactive ketones (excluding diaryl/α,β-unsaturated/α-hetero) is 1. The summed E-state index contributed by atoms with van der Waals surface area (Å²) in [4.78, 5) is 11.8. The summed E-state index contributed by atoms with van der Waals surface area (Å²) in [6.07, 6.45) is 8.16. The molecule has 1 fully saturated rings. The predicted molar refractivity (Wildman–Crippen MR) is 60.1 cm³/mol. The van der Waals surface area contributed by atoms with Gasteiger partial charge >= 0.3 is 0 Å². The molecule has 1 unspecified atom stereocenters. The minimum absolute atomic E-state index is 0.151. The second kappa shape index (κ2) is 5.25. The van der Waals surface area contributed by atoms with Crippen LogP contribution in [0.25, 0.3) is 0 Å². The molecule has 0 N–H and O–H groups in total. The third-order valence-corrected chi connectivity index (χ3v) is 2.89. The molecule has 1 aromatic heterocycles. The lowest BCUT2D eigenvalue weighted by Crippen LogP contribution is -2.23. The average Bonchev–Trinajstić information content (AvgIpc) is 2.65. The van der Waals surface area contributed by atoms with E-state index in [1.165, 1.54) is 6.42 Å². The molecule has 0 spiro atoms. The molecule has 2 heterocycles. The Morgan fingerprint density at radius 3 is 3.12 bits per heavy atom. The zero-order chi connectivity index (χ0) is 11.4. The third-order valence-electron chi connectivity index (χ3n) is 2.89. The molecule has 1 atom stereocenters. The van der Waals surface area contributed by atoms with Gasteiger partial charge in [0.25, 0.3) is 0 Å². The molecule has 0 radical (unpaired) electrons. The van der Waals surface area contributed by atoms with Crippen molar-refractivity contribution in [3.8, 4) is 0 Å². The van der Waals surface area contributed by atoms with Crippen LogP contribution in [0.3, 0.4) is 0 Å². The molecular formula is C12H18N2O2. The van der Waals surface area contributed by atoms with Crippen LogP contribution in [0.2, 0.25) is 0 Å². The second-order valence-corrected chi connectivity index (χ2v) is 4.43. The maximum Gasteiger partial charge on any atom is 0.139 e. The van der Waals surface area contributed by atoms with Crippen LogP contribution in [0.5, 0.6) is 0 Å². The van der Waals surface area contributed by atoms with Gasteiger partial charge in [-0.25, -0.2) is 0 Å². The minimum Gasteiger partial charge on any atom is -0.378 e. The van der Waals surface area contributed by atoms with Gasteiger partial charge in [0.1, 0.15) is 5.78 Å². The van der Waals surface area contributed by atoms with Gasteiger partial charge in [0, 0.05) is 32.7 Å². The maximum absolute atomic E-state index is 11.8. The smallest absolute Gasteiger partial charge is 0.139 e. The Hall–Kier alpha value is -1.16. The van der Waals surface area contributed by atoms with Crippen molar-refractivity contribution in [3.05, 3.63) is 18.0 Å². The Morgan fingerprint density at radius 2 is 2.50 bits per heavy atom. The number of carbonyl (C=O) groups is 1. The van der Waals surface area contributed by atoms with Gasteiger partial charge < -0.3 is 4.74 Å². The van der Waals surface area contributed by atoms with Crippen LogP contribution in [-0.2, 0) is 23.0 Å². The Bertz CT molecular complexity index is 354. The van der Waals surface area contributed by atoms with Gasteiger partial charge in [-0.05, 0) is 24.8 Å². The fourth-order valence-electron chi connectivity index (χ4n) is 2.09. The number of aromatic nitrogens is 2. The van der Waals surface area contributed by atoms with Crippen molar-refractivity contribution in [2.75, 3.05) is 6.61 Å². The molecule has 0 saturated carbocycles. The first-order valence-corrected chi connectivity index (χ1v) is 5.85. The van der Waals surface area contributed by atoms with Crippen molar-refractivity contribution in [3.63, 3.8) is 0 Å². The summed E-state index contributed by atoms with van der Waals surface area (Å²) < 4.78 is 7.27. The quantitative estimate of drug-likeness (QED) is 0.775. The highest BCUT2D eigenvalue weighted by molar-refractivity contribution is 5.81. The topological polar surface area (TPSA) is 44.1 Å². The number of ether oxygens (including phenoxy) is 1. The van der Waals surface area contributed by atoms with Crippen molar-refractivity contribution in [2.45, 2.75) is 38.2 Å². The molecule has 1 aliphatic rings. The van der Waals surface area contributed by atoms with Crippen LogP contribution >= 0.6 is 0 Å². The van der Waals surface area contributed by atoms with E-state index >= 15 is 0 Å². The number of hydrogen-bond donors (Lipinski definition) is 0. The molecule has 4 heteroatoms. The molecule has 1 aliphatic heterocycles. The van der Waals surface area contributed by atoms with Gasteiger partial charge in [-0.2, -0.15) is 5.10 Å². The average molecular weight is 222 g/mol. The third kappa shape index (κ3) is 3.17. The molecule has 88 valence electrons. The molecule has 1 aromatic rings. The Balaban J connectivity index is 1.79. The zero-order valence-corrected chi connectivity index (χ0v) is 9.69. The van der Waals surface area contributed by atoms with Crippen LogP contribution < -0.4 is 0 Å². The van der Waals surface area contributed by atoms with Gasteiger partial charge in [-0.1, -0.05) is 0 Å². The van der Waals surface area contributed by atoms with E-state index in [1.807, 2.05) is 13.2 Å². The highest BCUT2D eigenvalue weighted by Gasteiger charge is 2.17. The summed E-state index contributed by atoms with van der Waals surface area (Å²) in [5, 5.41) is 4.05. The van der Waals surface area contributed by atoms with E-state index in [4.69, 9.17) is 4.74 Å². The number of carbonyl (C=O) groups excluding carboxylic acids is 1. The van der Waals surface area contributed by atoms with E-state index < -0.39 is 0 Å². The van der Waals surface area contributed by atoms with Gasteiger partial charge in [0.05, 0.1) is 12.3 Å². The first kappa shape index (κ1) is 11.3. The molecule has 16 heavy (non-hydrogen) atoms. The largest absolute Gasteiger partial charge is 0.378 e. The molecule has 0 aliphatic carbocycles. The highest BCUT2D eigenvalue weighted by atomic mass is 16.5. The molecule has 2 rings (SSSR count). The number of nitrogens with zero attached hydrogens (tertiary/aromatic N) is 2. The lowest BCUT2D eigenvalue weighted by molar-refractivity contribution is -0.122. The molecule has 0 aromatic carbocycles. The molecule has 0 bridgehead atoms. The van der Waals surface area contributed by atoms with Crippen LogP contribution in [0.1, 0.15) is 31.2 Å². The fraction of sp³-hybridized carbons (Fsp3) is 0.667. The number of hydrogen-bond acceptors (Lipinski definition) is 3. The van der Waals surface area contributed by atoms with Crippen molar-refractivity contribution in [1.82, 2.24) is 9.78 Å². The van der Waals surface area contributed by atoms with Gasteiger partial charge in [-0.15, -0.1) is 0 Å². The fourth-order valence-corrected chi connectivity index (χ4v) is 2.09. The van der Waals surface area contributed by atoms with E-state index in [-0.39, 0.29) is 11.9 Å². The van der Waals surface area contributed by atoms with Gasteiger partial charge in [0.2, 0.25) is 0 Å². The molecular weight excluding hydrogens is 204 g/mol. The normalized spacial score (nSPS) is 20.9. The zero-order valence-electron chi connectivity index (χ0n) is 9.69. The summed E-state index contributed by atoms with van der Waals surface area (Å²) in [7, 11) is 1.86. The van der Waals surface area contributed by atoms with E-state index in [2.05, 4.69) is 5.10 Å². The van der Waals surface area contributed by atoms with Gasteiger partial charge in [0.15, 0.2) is 0 Å². The Kier molecular flexibility index (Phi) is 3.72. The molecule has 1 saturated heterocycles. The number of aryl methyl sites for hydroxylation is 1. The van der Waals surface area contributed by atoms with Crippen LogP contribution in [-0.4, -0.2) is 28.3 Å². The van der Waals surface area contributed by atoms with Crippen LogP contribution in [0, 0.1) is 0 Å². The van der Waals surface area contributed by atoms with Crippen molar-refractivity contribution in [1.29, 1.82) is 0 Å². The predicted octanol–water partition coefficient (Wildman–Crippen LogP) is 1.49. The maximum atomic E-state index is 11.8. The first-order valence-electron chi connectivity index (χ1n) is 5.85. The summed E-state index contributed by atoms with van der Waals surface area (Å²) in [6, 6.07) is 0.